The number of carbonyl (C=O) groups excluding carboxylic acids is 2. The molecular weight excluding hydrogens is 484 g/mol. The van der Waals surface area contributed by atoms with Crippen molar-refractivity contribution < 1.29 is 18.9 Å². The van der Waals surface area contributed by atoms with E-state index in [-0.39, 0.29) is 22.4 Å². The lowest BCUT2D eigenvalue weighted by molar-refractivity contribution is -0.385. The van der Waals surface area contributed by atoms with Crippen molar-refractivity contribution in [2.45, 2.75) is 13.5 Å². The molecule has 3 aromatic rings. The highest BCUT2D eigenvalue weighted by molar-refractivity contribution is 9.10. The maximum atomic E-state index is 12.8. The van der Waals surface area contributed by atoms with Gasteiger partial charge in [0.1, 0.15) is 11.5 Å². The van der Waals surface area contributed by atoms with E-state index in [1.54, 1.807) is 31.2 Å². The second-order valence-electron chi connectivity index (χ2n) is 6.82. The molecule has 1 saturated heterocycles. The first-order valence-corrected chi connectivity index (χ1v) is 10.8. The molecule has 2 heterocycles. The van der Waals surface area contributed by atoms with E-state index in [9.17, 15) is 19.7 Å². The summed E-state index contributed by atoms with van der Waals surface area (Å²) in [7, 11) is 0. The Morgan fingerprint density at radius 2 is 1.94 bits per heavy atom. The average molecular weight is 499 g/mol. The number of furan rings is 1. The van der Waals surface area contributed by atoms with Gasteiger partial charge in [-0.25, -0.2) is 0 Å². The fourth-order valence-electron chi connectivity index (χ4n) is 3.11. The molecular formula is C22H15BrN2O5S. The molecule has 0 atom stereocenters. The van der Waals surface area contributed by atoms with Gasteiger partial charge in [0.2, 0.25) is 0 Å². The number of carbonyl (C=O) groups is 2. The number of hydrogen-bond acceptors (Lipinski definition) is 6. The standard InChI is InChI=1S/C22H15BrN2O5S/c1-13-6-7-14(10-18(13)25(28)29)19-9-8-16(30-19)11-20-21(26)24(22(27)31-20)12-15-4-2-3-5-17(15)23/h2-11H,12H2,1H3/b20-11+. The van der Waals surface area contributed by atoms with Gasteiger partial charge in [-0.05, 0) is 42.4 Å². The van der Waals surface area contributed by atoms with E-state index in [0.717, 1.165) is 21.8 Å². The van der Waals surface area contributed by atoms with Crippen molar-refractivity contribution in [3.8, 4) is 11.3 Å². The normalized spacial score (nSPS) is 15.2. The molecule has 0 bridgehead atoms. The molecule has 9 heteroatoms. The van der Waals surface area contributed by atoms with Crippen LogP contribution in [0.2, 0.25) is 0 Å². The minimum atomic E-state index is -0.441. The summed E-state index contributed by atoms with van der Waals surface area (Å²) in [6, 6.07) is 15.6. The van der Waals surface area contributed by atoms with Crippen LogP contribution in [0.25, 0.3) is 17.4 Å². The van der Waals surface area contributed by atoms with Gasteiger partial charge in [-0.2, -0.15) is 0 Å². The fourth-order valence-corrected chi connectivity index (χ4v) is 4.34. The quantitative estimate of drug-likeness (QED) is 0.237. The van der Waals surface area contributed by atoms with E-state index in [0.29, 0.717) is 22.6 Å². The number of imide groups is 1. The van der Waals surface area contributed by atoms with Crippen LogP contribution in [-0.2, 0) is 11.3 Å². The highest BCUT2D eigenvalue weighted by Crippen LogP contribution is 2.35. The number of aryl methyl sites for hydroxylation is 1. The molecule has 0 saturated carbocycles. The van der Waals surface area contributed by atoms with Gasteiger partial charge >= 0.3 is 0 Å². The van der Waals surface area contributed by atoms with Gasteiger partial charge in [0.25, 0.3) is 16.8 Å². The summed E-state index contributed by atoms with van der Waals surface area (Å²) in [5.41, 5.74) is 1.94. The SMILES string of the molecule is Cc1ccc(-c2ccc(/C=C3/SC(=O)N(Cc4ccccc4Br)C3=O)o2)cc1[N+](=O)[O-]. The number of nitro benzene ring substituents is 1. The molecule has 2 aromatic carbocycles. The van der Waals surface area contributed by atoms with Gasteiger partial charge in [-0.1, -0.05) is 46.3 Å². The van der Waals surface area contributed by atoms with Crippen LogP contribution in [0, 0.1) is 17.0 Å². The predicted molar refractivity (Wildman–Crippen MR) is 121 cm³/mol. The molecule has 4 rings (SSSR count). The van der Waals surface area contributed by atoms with Crippen LogP contribution < -0.4 is 0 Å². The number of nitro groups is 1. The molecule has 0 radical (unpaired) electrons. The van der Waals surface area contributed by atoms with Gasteiger partial charge in [0, 0.05) is 27.7 Å². The summed E-state index contributed by atoms with van der Waals surface area (Å²) < 4.78 is 6.58. The first-order chi connectivity index (χ1) is 14.8. The number of benzene rings is 2. The van der Waals surface area contributed by atoms with Gasteiger partial charge in [-0.3, -0.25) is 24.6 Å². The van der Waals surface area contributed by atoms with Crippen LogP contribution in [0.1, 0.15) is 16.9 Å². The zero-order valence-corrected chi connectivity index (χ0v) is 18.6. The molecule has 0 aliphatic carbocycles. The van der Waals surface area contributed by atoms with E-state index in [1.165, 1.54) is 17.0 Å². The molecule has 0 spiro atoms. The van der Waals surface area contributed by atoms with Crippen LogP contribution in [0.3, 0.4) is 0 Å². The second-order valence-corrected chi connectivity index (χ2v) is 8.67. The summed E-state index contributed by atoms with van der Waals surface area (Å²) in [6.07, 6.45) is 1.51. The van der Waals surface area contributed by atoms with Gasteiger partial charge in [0.05, 0.1) is 16.4 Å². The minimum absolute atomic E-state index is 0.00337. The third-order valence-electron chi connectivity index (χ3n) is 4.75. The third kappa shape index (κ3) is 4.33. The molecule has 156 valence electrons. The highest BCUT2D eigenvalue weighted by Gasteiger charge is 2.35. The maximum Gasteiger partial charge on any atom is 0.293 e. The van der Waals surface area contributed by atoms with Crippen molar-refractivity contribution in [1.82, 2.24) is 4.90 Å². The smallest absolute Gasteiger partial charge is 0.293 e. The van der Waals surface area contributed by atoms with Crippen LogP contribution in [0.5, 0.6) is 0 Å². The zero-order chi connectivity index (χ0) is 22.1. The monoisotopic (exact) mass is 498 g/mol. The van der Waals surface area contributed by atoms with E-state index in [1.807, 2.05) is 24.3 Å². The zero-order valence-electron chi connectivity index (χ0n) is 16.2. The molecule has 1 aliphatic rings. The van der Waals surface area contributed by atoms with E-state index in [2.05, 4.69) is 15.9 Å². The molecule has 1 fully saturated rings. The number of amides is 2. The van der Waals surface area contributed by atoms with Crippen LogP contribution >= 0.6 is 27.7 Å². The van der Waals surface area contributed by atoms with Gasteiger partial charge in [0.15, 0.2) is 0 Å². The summed E-state index contributed by atoms with van der Waals surface area (Å²) in [6.45, 7) is 1.83. The van der Waals surface area contributed by atoms with Crippen molar-refractivity contribution in [3.63, 3.8) is 0 Å². The summed E-state index contributed by atoms with van der Waals surface area (Å²) in [5, 5.41) is 10.8. The Labute approximate surface area is 190 Å². The number of hydrogen-bond donors (Lipinski definition) is 0. The maximum absolute atomic E-state index is 12.8. The first-order valence-electron chi connectivity index (χ1n) is 9.17. The number of nitrogens with zero attached hydrogens (tertiary/aromatic N) is 2. The molecule has 1 aliphatic heterocycles. The topological polar surface area (TPSA) is 93.7 Å². The van der Waals surface area contributed by atoms with Gasteiger partial charge in [-0.15, -0.1) is 0 Å². The Bertz CT molecular complexity index is 1250. The third-order valence-corrected chi connectivity index (χ3v) is 6.43. The average Bonchev–Trinajstić information content (AvgIpc) is 3.30. The Hall–Kier alpha value is -3.17. The van der Waals surface area contributed by atoms with Crippen molar-refractivity contribution in [2.24, 2.45) is 0 Å². The van der Waals surface area contributed by atoms with Gasteiger partial charge < -0.3 is 4.42 Å². The Morgan fingerprint density at radius 3 is 2.68 bits per heavy atom. The van der Waals surface area contributed by atoms with E-state index < -0.39 is 10.8 Å². The summed E-state index contributed by atoms with van der Waals surface area (Å²) in [5.74, 6) is 0.418. The largest absolute Gasteiger partial charge is 0.457 e. The summed E-state index contributed by atoms with van der Waals surface area (Å²) in [4.78, 5) is 37.3. The number of rotatable bonds is 5. The molecule has 0 unspecified atom stereocenters. The van der Waals surface area contributed by atoms with E-state index >= 15 is 0 Å². The number of halogens is 1. The first kappa shape index (κ1) is 21.1. The second kappa shape index (κ2) is 8.52. The Morgan fingerprint density at radius 1 is 1.16 bits per heavy atom. The molecule has 1 aromatic heterocycles. The fraction of sp³-hybridized carbons (Fsp3) is 0.0909. The van der Waals surface area contributed by atoms with Crippen LogP contribution in [-0.4, -0.2) is 21.0 Å². The minimum Gasteiger partial charge on any atom is -0.457 e. The summed E-state index contributed by atoms with van der Waals surface area (Å²) >= 11 is 4.28. The highest BCUT2D eigenvalue weighted by atomic mass is 79.9. The van der Waals surface area contributed by atoms with Crippen molar-refractivity contribution in [3.05, 3.63) is 91.0 Å². The lowest BCUT2D eigenvalue weighted by atomic mass is 10.1. The van der Waals surface area contributed by atoms with Crippen LogP contribution in [0.15, 0.2) is 68.4 Å². The van der Waals surface area contributed by atoms with Crippen molar-refractivity contribution in [2.75, 3.05) is 0 Å². The molecule has 7 nitrogen and oxygen atoms in total. The Balaban J connectivity index is 1.56. The van der Waals surface area contributed by atoms with E-state index in [4.69, 9.17) is 4.42 Å². The van der Waals surface area contributed by atoms with Crippen molar-refractivity contribution >= 4 is 50.6 Å². The molecule has 2 amide bonds. The van der Waals surface area contributed by atoms with Crippen LogP contribution in [0.4, 0.5) is 10.5 Å². The molecule has 0 N–H and O–H groups in total. The van der Waals surface area contributed by atoms with Crippen molar-refractivity contribution in [1.29, 1.82) is 0 Å². The number of thioether (sulfide) groups is 1. The lowest BCUT2D eigenvalue weighted by Crippen LogP contribution is -2.27. The Kier molecular flexibility index (Phi) is 5.79. The lowest BCUT2D eigenvalue weighted by Gasteiger charge is -2.13. The predicted octanol–water partition coefficient (Wildman–Crippen LogP) is 6.16. The molecule has 31 heavy (non-hydrogen) atoms.